The van der Waals surface area contributed by atoms with Gasteiger partial charge in [-0.25, -0.2) is 19.1 Å². The molecule has 10 nitrogen and oxygen atoms in total. The molecule has 1 aliphatic rings. The Kier molecular flexibility index (Phi) is 8.52. The van der Waals surface area contributed by atoms with Crippen LogP contribution in [0.3, 0.4) is 0 Å². The van der Waals surface area contributed by atoms with E-state index in [9.17, 15) is 19.5 Å². The second-order valence-corrected chi connectivity index (χ2v) is 14.4. The van der Waals surface area contributed by atoms with Crippen molar-refractivity contribution in [3.63, 3.8) is 0 Å². The van der Waals surface area contributed by atoms with Crippen molar-refractivity contribution in [3.05, 3.63) is 74.8 Å². The van der Waals surface area contributed by atoms with Crippen LogP contribution in [-0.4, -0.2) is 42.5 Å². The standard InChI is InChI=1S/C33H41N3O7S/c1-20-24-27(37)36(32(5,6)29(38)43-31(2,3)4)30(39)35(28(24)44-25(20)26-34-17-18-41-26)19-23(21-11-9-8-10-12-21)42-22-13-15-33(7,40)16-14-22/h8-12,17-18,22-23,40H,13-16,19H2,1-7H3/t22-,23?,33-. The lowest BCUT2D eigenvalue weighted by atomic mass is 9.85. The van der Waals surface area contributed by atoms with E-state index in [4.69, 9.17) is 13.9 Å². The summed E-state index contributed by atoms with van der Waals surface area (Å²) in [5.41, 5.74) is -2.92. The number of fused-ring (bicyclic) bond motifs is 1. The van der Waals surface area contributed by atoms with Crippen molar-refractivity contribution in [2.45, 2.75) is 110 Å². The highest BCUT2D eigenvalue weighted by molar-refractivity contribution is 7.22. The zero-order valence-corrected chi connectivity index (χ0v) is 27.2. The SMILES string of the molecule is Cc1c(-c2ncco2)sc2c1c(=O)n(C(C)(C)C(=O)OC(C)(C)C)c(=O)n2CC(O[C@H]1CC[C@](C)(O)CC1)c1ccccc1. The number of thiophene rings is 1. The van der Waals surface area contributed by atoms with Gasteiger partial charge in [0, 0.05) is 0 Å². The molecule has 3 aromatic heterocycles. The van der Waals surface area contributed by atoms with Crippen molar-refractivity contribution in [1.29, 1.82) is 0 Å². The Labute approximate surface area is 260 Å². The van der Waals surface area contributed by atoms with Crippen LogP contribution < -0.4 is 11.2 Å². The van der Waals surface area contributed by atoms with E-state index in [1.54, 1.807) is 27.7 Å². The van der Waals surface area contributed by atoms with Crippen molar-refractivity contribution < 1.29 is 23.8 Å². The van der Waals surface area contributed by atoms with Gasteiger partial charge in [0.2, 0.25) is 5.89 Å². The average Bonchev–Trinajstić information content (AvgIpc) is 3.59. The second kappa shape index (κ2) is 11.8. The normalized spacial score (nSPS) is 20.1. The molecule has 0 spiro atoms. The highest BCUT2D eigenvalue weighted by Crippen LogP contribution is 2.38. The lowest BCUT2D eigenvalue weighted by Crippen LogP contribution is -2.54. The number of rotatable bonds is 8. The third-order valence-corrected chi connectivity index (χ3v) is 9.49. The summed E-state index contributed by atoms with van der Waals surface area (Å²) in [6.45, 7) is 12.0. The number of aryl methyl sites for hydroxylation is 1. The van der Waals surface area contributed by atoms with Crippen molar-refractivity contribution in [1.82, 2.24) is 14.1 Å². The third kappa shape index (κ3) is 6.31. The lowest BCUT2D eigenvalue weighted by Gasteiger charge is -2.35. The molecule has 0 aliphatic heterocycles. The van der Waals surface area contributed by atoms with Crippen LogP contribution in [0.4, 0.5) is 0 Å². The van der Waals surface area contributed by atoms with Crippen molar-refractivity contribution >= 4 is 27.5 Å². The largest absolute Gasteiger partial charge is 0.458 e. The first-order valence-corrected chi connectivity index (χ1v) is 15.8. The van der Waals surface area contributed by atoms with Gasteiger partial charge < -0.3 is 19.0 Å². The number of hydrogen-bond donors (Lipinski definition) is 1. The Morgan fingerprint density at radius 3 is 2.41 bits per heavy atom. The van der Waals surface area contributed by atoms with Crippen LogP contribution in [0.15, 0.2) is 56.8 Å². The Hall–Kier alpha value is -3.54. The van der Waals surface area contributed by atoms with E-state index in [2.05, 4.69) is 4.98 Å². The van der Waals surface area contributed by atoms with Crippen LogP contribution in [-0.2, 0) is 26.4 Å². The molecular weight excluding hydrogens is 582 g/mol. The maximum atomic E-state index is 14.5. The number of carbonyl (C=O) groups is 1. The molecule has 0 bridgehead atoms. The molecule has 1 unspecified atom stereocenters. The second-order valence-electron chi connectivity index (χ2n) is 13.4. The van der Waals surface area contributed by atoms with Gasteiger partial charge >= 0.3 is 11.7 Å². The Morgan fingerprint density at radius 1 is 1.16 bits per heavy atom. The lowest BCUT2D eigenvalue weighted by molar-refractivity contribution is -0.164. The summed E-state index contributed by atoms with van der Waals surface area (Å²) in [4.78, 5) is 47.5. The summed E-state index contributed by atoms with van der Waals surface area (Å²) < 4.78 is 20.5. The van der Waals surface area contributed by atoms with E-state index < -0.39 is 40.1 Å². The molecule has 0 radical (unpaired) electrons. The molecule has 44 heavy (non-hydrogen) atoms. The number of oxazole rings is 1. The minimum absolute atomic E-state index is 0.0852. The number of carbonyl (C=O) groups excluding carboxylic acids is 1. The average molecular weight is 624 g/mol. The fourth-order valence-electron chi connectivity index (χ4n) is 5.68. The number of esters is 1. The van der Waals surface area contributed by atoms with Crippen molar-refractivity contribution in [3.8, 4) is 10.8 Å². The summed E-state index contributed by atoms with van der Waals surface area (Å²) in [5.74, 6) is -0.355. The molecule has 1 atom stereocenters. The van der Waals surface area contributed by atoms with E-state index in [-0.39, 0.29) is 12.6 Å². The number of nitrogens with zero attached hydrogens (tertiary/aromatic N) is 3. The molecule has 5 rings (SSSR count). The van der Waals surface area contributed by atoms with Crippen LogP contribution in [0.1, 0.15) is 84.5 Å². The van der Waals surface area contributed by atoms with Crippen LogP contribution >= 0.6 is 11.3 Å². The number of benzene rings is 1. The molecule has 1 fully saturated rings. The van der Waals surface area contributed by atoms with Gasteiger partial charge in [0.1, 0.15) is 28.3 Å². The Bertz CT molecular complexity index is 1750. The van der Waals surface area contributed by atoms with Gasteiger partial charge in [-0.3, -0.25) is 9.36 Å². The van der Waals surface area contributed by atoms with E-state index in [1.165, 1.54) is 42.2 Å². The maximum Gasteiger partial charge on any atom is 0.333 e. The van der Waals surface area contributed by atoms with E-state index in [0.29, 0.717) is 52.2 Å². The van der Waals surface area contributed by atoms with Crippen molar-refractivity contribution in [2.24, 2.45) is 0 Å². The quantitative estimate of drug-likeness (QED) is 0.247. The van der Waals surface area contributed by atoms with E-state index >= 15 is 0 Å². The Balaban J connectivity index is 1.70. The minimum atomic E-state index is -1.62. The maximum absolute atomic E-state index is 14.5. The summed E-state index contributed by atoms with van der Waals surface area (Å²) in [5, 5.41) is 10.8. The third-order valence-electron chi connectivity index (χ3n) is 8.18. The number of ether oxygens (including phenoxy) is 2. The fourth-order valence-corrected chi connectivity index (χ4v) is 6.92. The van der Waals surface area contributed by atoms with E-state index in [1.807, 2.05) is 37.3 Å². The first-order chi connectivity index (χ1) is 20.6. The fraction of sp³-hybridized carbons (Fsp3) is 0.515. The summed E-state index contributed by atoms with van der Waals surface area (Å²) in [6.07, 6.45) is 4.89. The first kappa shape index (κ1) is 31.9. The molecule has 0 saturated heterocycles. The monoisotopic (exact) mass is 623 g/mol. The van der Waals surface area contributed by atoms with Gasteiger partial charge in [-0.15, -0.1) is 11.3 Å². The van der Waals surface area contributed by atoms with E-state index in [0.717, 1.165) is 10.1 Å². The summed E-state index contributed by atoms with van der Waals surface area (Å²) in [7, 11) is 0. The smallest absolute Gasteiger partial charge is 0.333 e. The molecule has 1 saturated carbocycles. The Morgan fingerprint density at radius 2 is 1.82 bits per heavy atom. The predicted octanol–water partition coefficient (Wildman–Crippen LogP) is 5.72. The summed E-state index contributed by atoms with van der Waals surface area (Å²) >= 11 is 1.25. The van der Waals surface area contributed by atoms with Gasteiger partial charge in [0.15, 0.2) is 0 Å². The molecule has 1 aliphatic carbocycles. The van der Waals surface area contributed by atoms with Gasteiger partial charge in [-0.2, -0.15) is 0 Å². The topological polar surface area (TPSA) is 126 Å². The summed E-state index contributed by atoms with van der Waals surface area (Å²) in [6, 6.07) is 9.64. The van der Waals surface area contributed by atoms with Crippen LogP contribution in [0.25, 0.3) is 21.0 Å². The molecule has 4 aromatic rings. The van der Waals surface area contributed by atoms with Crippen LogP contribution in [0.5, 0.6) is 0 Å². The highest BCUT2D eigenvalue weighted by atomic mass is 32.1. The highest BCUT2D eigenvalue weighted by Gasteiger charge is 2.39. The molecule has 236 valence electrons. The zero-order chi connectivity index (χ0) is 32.0. The molecule has 0 amide bonds. The number of aliphatic hydroxyl groups is 1. The number of aromatic nitrogens is 3. The van der Waals surface area contributed by atoms with Crippen LogP contribution in [0.2, 0.25) is 0 Å². The van der Waals surface area contributed by atoms with Gasteiger partial charge in [-0.05, 0) is 85.3 Å². The van der Waals surface area contributed by atoms with Gasteiger partial charge in [0.05, 0.1) is 34.7 Å². The van der Waals surface area contributed by atoms with Crippen LogP contribution in [0, 0.1) is 6.92 Å². The molecule has 11 heteroatoms. The predicted molar refractivity (Wildman–Crippen MR) is 169 cm³/mol. The molecule has 3 heterocycles. The zero-order valence-electron chi connectivity index (χ0n) is 26.4. The molecular formula is C33H41N3O7S. The van der Waals surface area contributed by atoms with Crippen molar-refractivity contribution in [2.75, 3.05) is 0 Å². The first-order valence-electron chi connectivity index (χ1n) is 14.9. The molecule has 1 aromatic carbocycles. The van der Waals surface area contributed by atoms with Gasteiger partial charge in [-0.1, -0.05) is 30.3 Å². The molecule has 1 N–H and O–H groups in total. The minimum Gasteiger partial charge on any atom is -0.458 e. The number of hydrogen-bond acceptors (Lipinski definition) is 9. The van der Waals surface area contributed by atoms with Gasteiger partial charge in [0.25, 0.3) is 5.56 Å².